The van der Waals surface area contributed by atoms with Gasteiger partial charge in [0.2, 0.25) is 5.91 Å². The Morgan fingerprint density at radius 3 is 2.37 bits per heavy atom. The zero-order valence-corrected chi connectivity index (χ0v) is 29.6. The molecule has 2 saturated heterocycles. The van der Waals surface area contributed by atoms with Crippen molar-refractivity contribution in [3.05, 3.63) is 58.9 Å². The van der Waals surface area contributed by atoms with Crippen LogP contribution in [0.15, 0.2) is 36.4 Å². The first-order chi connectivity index (χ1) is 24.3. The summed E-state index contributed by atoms with van der Waals surface area (Å²) >= 11 is 0. The van der Waals surface area contributed by atoms with Gasteiger partial charge in [-0.1, -0.05) is 6.07 Å². The van der Waals surface area contributed by atoms with Crippen LogP contribution in [0.3, 0.4) is 0 Å². The van der Waals surface area contributed by atoms with Gasteiger partial charge in [-0.3, -0.25) is 9.69 Å². The minimum Gasteiger partial charge on any atom is -0.465 e. The molecule has 1 spiro atoms. The van der Waals surface area contributed by atoms with Crippen LogP contribution in [-0.2, 0) is 11.0 Å². The van der Waals surface area contributed by atoms with Crippen LogP contribution in [-0.4, -0.2) is 76.1 Å². The lowest BCUT2D eigenvalue weighted by Crippen LogP contribution is -2.44. The van der Waals surface area contributed by atoms with Crippen molar-refractivity contribution in [2.75, 3.05) is 50.3 Å². The Bertz CT molecular complexity index is 1710. The van der Waals surface area contributed by atoms with Crippen molar-refractivity contribution >= 4 is 34.4 Å². The highest BCUT2D eigenvalue weighted by atomic mass is 19.4. The fourth-order valence-corrected chi connectivity index (χ4v) is 8.35. The van der Waals surface area contributed by atoms with Crippen molar-refractivity contribution in [1.29, 1.82) is 0 Å². The molecule has 1 aromatic heterocycles. The molecule has 0 radical (unpaired) electrons. The van der Waals surface area contributed by atoms with E-state index in [9.17, 15) is 27.9 Å². The summed E-state index contributed by atoms with van der Waals surface area (Å²) in [5.41, 5.74) is 7.72. The zero-order chi connectivity index (χ0) is 36.3. The van der Waals surface area contributed by atoms with Gasteiger partial charge < -0.3 is 26.4 Å². The van der Waals surface area contributed by atoms with Crippen molar-refractivity contribution in [1.82, 2.24) is 25.1 Å². The number of hydrogen-bond donors (Lipinski definition) is 4. The number of carbonyl (C=O) groups excluding carboxylic acids is 1. The van der Waals surface area contributed by atoms with Crippen LogP contribution in [0.25, 0.3) is 10.9 Å². The van der Waals surface area contributed by atoms with Crippen LogP contribution in [0, 0.1) is 18.3 Å². The van der Waals surface area contributed by atoms with E-state index in [-0.39, 0.29) is 11.6 Å². The van der Waals surface area contributed by atoms with Crippen molar-refractivity contribution < 1.29 is 27.9 Å². The van der Waals surface area contributed by atoms with Crippen LogP contribution in [0.5, 0.6) is 0 Å². The maximum absolute atomic E-state index is 13.5. The number of fused-ring (bicyclic) bond motifs is 1. The predicted molar refractivity (Wildman–Crippen MR) is 191 cm³/mol. The number of hydrogen-bond acceptors (Lipinski definition) is 7. The highest BCUT2D eigenvalue weighted by Crippen LogP contribution is 2.47. The van der Waals surface area contributed by atoms with E-state index in [1.807, 2.05) is 6.07 Å². The molecule has 6 rings (SSSR count). The minimum atomic E-state index is -4.50. The van der Waals surface area contributed by atoms with E-state index < -0.39 is 23.9 Å². The standard InChI is InChI=1S/C38H50F3N7O3/c1-24(29-19-30(38(39,40)41)22-31(42)20-29)44-35-32-21-28(3-4-33(32)45-25(2)46-35)27-8-15-47(16-9-27)23-34(49)43-14-7-26-5-10-37(11-6-26)12-17-48(18-13-37)36(50)51/h3-4,19-22,24,26-27H,5-18,23,42H2,1-2H3,(H,43,49)(H,50,51)(H,44,45,46). The van der Waals surface area contributed by atoms with Crippen LogP contribution in [0.1, 0.15) is 99.2 Å². The number of carbonyl (C=O) groups is 2. The summed E-state index contributed by atoms with van der Waals surface area (Å²) in [6.45, 7) is 7.56. The molecule has 276 valence electrons. The van der Waals surface area contributed by atoms with Crippen molar-refractivity contribution in [2.24, 2.45) is 11.3 Å². The number of amides is 2. The number of anilines is 2. The van der Waals surface area contributed by atoms with E-state index >= 15 is 0 Å². The van der Waals surface area contributed by atoms with Gasteiger partial charge in [0.15, 0.2) is 0 Å². The highest BCUT2D eigenvalue weighted by molar-refractivity contribution is 5.90. The molecule has 10 nitrogen and oxygen atoms in total. The highest BCUT2D eigenvalue weighted by Gasteiger charge is 2.39. The minimum absolute atomic E-state index is 0.0507. The second-order valence-corrected chi connectivity index (χ2v) is 15.1. The quantitative estimate of drug-likeness (QED) is 0.169. The summed E-state index contributed by atoms with van der Waals surface area (Å²) in [5.74, 6) is 2.09. The van der Waals surface area contributed by atoms with Gasteiger partial charge >= 0.3 is 12.3 Å². The first-order valence-corrected chi connectivity index (χ1v) is 18.3. The van der Waals surface area contributed by atoms with Gasteiger partial charge in [-0.2, -0.15) is 13.2 Å². The van der Waals surface area contributed by atoms with E-state index in [4.69, 9.17) is 5.73 Å². The van der Waals surface area contributed by atoms with Crippen LogP contribution < -0.4 is 16.4 Å². The van der Waals surface area contributed by atoms with Crippen molar-refractivity contribution in [2.45, 2.75) is 89.8 Å². The molecule has 1 saturated carbocycles. The Balaban J connectivity index is 0.978. The number of halogens is 3. The smallest absolute Gasteiger partial charge is 0.416 e. The molecule has 3 aliphatic rings. The fraction of sp³-hybridized carbons (Fsp3) is 0.579. The number of nitrogens with zero attached hydrogens (tertiary/aromatic N) is 4. The molecule has 1 aliphatic carbocycles. The van der Waals surface area contributed by atoms with E-state index in [1.165, 1.54) is 0 Å². The number of aryl methyl sites for hydroxylation is 1. The summed E-state index contributed by atoms with van der Waals surface area (Å²) in [4.78, 5) is 37.1. The second-order valence-electron chi connectivity index (χ2n) is 15.1. The molecule has 3 fully saturated rings. The third-order valence-corrected chi connectivity index (χ3v) is 11.6. The maximum Gasteiger partial charge on any atom is 0.416 e. The fourth-order valence-electron chi connectivity index (χ4n) is 8.35. The lowest BCUT2D eigenvalue weighted by Gasteiger charge is -2.45. The maximum atomic E-state index is 13.5. The average Bonchev–Trinajstić information content (AvgIpc) is 3.09. The molecule has 1 unspecified atom stereocenters. The molecular formula is C38H50F3N7O3. The number of carboxylic acid groups (broad SMARTS) is 1. The number of rotatable bonds is 9. The van der Waals surface area contributed by atoms with Crippen LogP contribution in [0.2, 0.25) is 0 Å². The zero-order valence-electron chi connectivity index (χ0n) is 29.6. The Morgan fingerprint density at radius 2 is 1.71 bits per heavy atom. The molecule has 51 heavy (non-hydrogen) atoms. The summed E-state index contributed by atoms with van der Waals surface area (Å²) in [7, 11) is 0. The first kappa shape index (κ1) is 36.7. The lowest BCUT2D eigenvalue weighted by atomic mass is 9.65. The van der Waals surface area contributed by atoms with Gasteiger partial charge in [-0.25, -0.2) is 14.8 Å². The Morgan fingerprint density at radius 1 is 1.00 bits per heavy atom. The number of benzene rings is 2. The SMILES string of the molecule is Cc1nc(NC(C)c2cc(N)cc(C(F)(F)F)c2)c2cc(C3CCN(CC(=O)NCCC4CCC5(CC4)CCN(C(=O)O)CC5)CC3)ccc2n1. The van der Waals surface area contributed by atoms with Crippen molar-refractivity contribution in [3.8, 4) is 0 Å². The monoisotopic (exact) mass is 709 g/mol. The molecule has 13 heteroatoms. The Hall–Kier alpha value is -4.13. The van der Waals surface area contributed by atoms with Crippen LogP contribution in [0.4, 0.5) is 29.5 Å². The summed E-state index contributed by atoms with van der Waals surface area (Å²) in [6.07, 6.45) is 4.04. The van der Waals surface area contributed by atoms with Gasteiger partial charge in [-0.05, 0) is 143 Å². The summed E-state index contributed by atoms with van der Waals surface area (Å²) < 4.78 is 40.4. The topological polar surface area (TPSA) is 137 Å². The molecule has 2 aliphatic heterocycles. The summed E-state index contributed by atoms with van der Waals surface area (Å²) in [6, 6.07) is 9.27. The van der Waals surface area contributed by atoms with E-state index in [1.54, 1.807) is 24.8 Å². The molecule has 5 N–H and O–H groups in total. The predicted octanol–water partition coefficient (Wildman–Crippen LogP) is 7.35. The van der Waals surface area contributed by atoms with E-state index in [0.29, 0.717) is 60.6 Å². The number of nitrogen functional groups attached to an aromatic ring is 1. The average molecular weight is 710 g/mol. The Kier molecular flexibility index (Phi) is 10.9. The largest absolute Gasteiger partial charge is 0.465 e. The van der Waals surface area contributed by atoms with Gasteiger partial charge in [0.05, 0.1) is 23.7 Å². The normalized spacial score (nSPS) is 19.7. The third-order valence-electron chi connectivity index (χ3n) is 11.6. The summed E-state index contributed by atoms with van der Waals surface area (Å²) in [5, 5.41) is 16.5. The molecule has 3 aromatic rings. The molecule has 3 heterocycles. The van der Waals surface area contributed by atoms with Crippen molar-refractivity contribution in [3.63, 3.8) is 0 Å². The number of nitrogens with two attached hydrogens (primary N) is 1. The van der Waals surface area contributed by atoms with E-state index in [2.05, 4.69) is 37.6 Å². The van der Waals surface area contributed by atoms with Crippen LogP contribution >= 0.6 is 0 Å². The lowest BCUT2D eigenvalue weighted by molar-refractivity contribution is -0.137. The van der Waals surface area contributed by atoms with Gasteiger partial charge in [-0.15, -0.1) is 0 Å². The van der Waals surface area contributed by atoms with E-state index in [0.717, 1.165) is 99.5 Å². The number of piperidine rings is 2. The molecule has 1 atom stereocenters. The molecule has 0 bridgehead atoms. The Labute approximate surface area is 297 Å². The number of likely N-dealkylation sites (tertiary alicyclic amines) is 2. The molecule has 2 aromatic carbocycles. The van der Waals surface area contributed by atoms with Gasteiger partial charge in [0, 0.05) is 30.7 Å². The van der Waals surface area contributed by atoms with Gasteiger partial charge in [0.1, 0.15) is 11.6 Å². The number of alkyl halides is 3. The number of nitrogens with one attached hydrogen (secondary N) is 2. The van der Waals surface area contributed by atoms with Gasteiger partial charge in [0.25, 0.3) is 0 Å². The number of aromatic nitrogens is 2. The second kappa shape index (κ2) is 15.2. The molecule has 2 amide bonds. The first-order valence-electron chi connectivity index (χ1n) is 18.3. The third kappa shape index (κ3) is 9.03. The molecular weight excluding hydrogens is 659 g/mol.